The Morgan fingerprint density at radius 2 is 1.88 bits per heavy atom. The fourth-order valence-corrected chi connectivity index (χ4v) is 4.61. The van der Waals surface area contributed by atoms with Gasteiger partial charge in [-0.05, 0) is 48.4 Å². The number of nitrogens with one attached hydrogen (secondary N) is 2. The number of nitrogens with zero attached hydrogens (tertiary/aromatic N) is 1. The predicted molar refractivity (Wildman–Crippen MR) is 126 cm³/mol. The number of ether oxygens (including phenoxy) is 1. The van der Waals surface area contributed by atoms with Crippen LogP contribution in [0.15, 0.2) is 66.7 Å². The Hall–Kier alpha value is -3.05. The topological polar surface area (TPSA) is 57.1 Å². The highest BCUT2D eigenvalue weighted by molar-refractivity contribution is 6.33. The van der Waals surface area contributed by atoms with E-state index in [1.54, 1.807) is 18.2 Å². The molecule has 1 fully saturated rings. The first kappa shape index (κ1) is 24.1. The summed E-state index contributed by atoms with van der Waals surface area (Å²) >= 11 is 6.34. The molecule has 1 aliphatic rings. The largest absolute Gasteiger partial charge is 0.573 e. The van der Waals surface area contributed by atoms with Gasteiger partial charge in [0.05, 0.1) is 11.6 Å². The Balaban J connectivity index is 1.62. The number of nitriles is 1. The van der Waals surface area contributed by atoms with Gasteiger partial charge in [0, 0.05) is 41.2 Å². The summed E-state index contributed by atoms with van der Waals surface area (Å²) in [7, 11) is 0. The molecule has 2 N–H and O–H groups in total. The summed E-state index contributed by atoms with van der Waals surface area (Å²) in [6, 6.07) is 21.5. The van der Waals surface area contributed by atoms with Crippen LogP contribution >= 0.6 is 11.6 Å². The molecule has 0 amide bonds. The van der Waals surface area contributed by atoms with Crippen molar-refractivity contribution in [1.29, 1.82) is 5.26 Å². The summed E-state index contributed by atoms with van der Waals surface area (Å²) in [6.45, 7) is 1.81. The molecule has 0 bridgehead atoms. The lowest BCUT2D eigenvalue weighted by Crippen LogP contribution is -2.45. The second-order valence-corrected chi connectivity index (χ2v) is 8.58. The molecule has 3 aromatic rings. The monoisotopic (exact) mass is 485 g/mol. The molecular weight excluding hydrogens is 463 g/mol. The highest BCUT2D eigenvalue weighted by Gasteiger charge is 2.32. The van der Waals surface area contributed by atoms with Gasteiger partial charge in [-0.15, -0.1) is 13.2 Å². The lowest BCUT2D eigenvalue weighted by molar-refractivity contribution is -0.274. The Kier molecular flexibility index (Phi) is 7.42. The molecule has 2 atom stereocenters. The molecule has 0 aliphatic carbocycles. The van der Waals surface area contributed by atoms with Crippen molar-refractivity contribution < 1.29 is 17.9 Å². The molecule has 1 saturated heterocycles. The molecule has 8 heteroatoms. The maximum atomic E-state index is 13.1. The third-order valence-corrected chi connectivity index (χ3v) is 6.27. The van der Waals surface area contributed by atoms with Crippen LogP contribution in [0.5, 0.6) is 5.75 Å². The molecule has 176 valence electrons. The standard InChI is InChI=1S/C26H23ClF3N3O/c27-23-12-17(14-31)6-8-21(23)19-7-9-25(34-26(28,29)30)20(13-19)15-33-24-10-11-32-16-22(24)18-4-2-1-3-5-18/h1-9,12-13,22,24,32-33H,10-11,15-16H2/t22-,24-/m0/s1. The number of halogens is 4. The van der Waals surface area contributed by atoms with Gasteiger partial charge in [-0.3, -0.25) is 0 Å². The van der Waals surface area contributed by atoms with Crippen LogP contribution in [0.3, 0.4) is 0 Å². The highest BCUT2D eigenvalue weighted by Crippen LogP contribution is 2.34. The fourth-order valence-electron chi connectivity index (χ4n) is 4.32. The molecule has 0 radical (unpaired) electrons. The Morgan fingerprint density at radius 3 is 2.59 bits per heavy atom. The Morgan fingerprint density at radius 1 is 1.09 bits per heavy atom. The van der Waals surface area contributed by atoms with Crippen molar-refractivity contribution in [3.8, 4) is 22.9 Å². The summed E-state index contributed by atoms with van der Waals surface area (Å²) < 4.78 is 43.5. The lowest BCUT2D eigenvalue weighted by Gasteiger charge is -2.33. The molecule has 1 heterocycles. The summed E-state index contributed by atoms with van der Waals surface area (Å²) in [4.78, 5) is 0. The third kappa shape index (κ3) is 5.89. The minimum atomic E-state index is -4.80. The number of alkyl halides is 3. The number of hydrogen-bond donors (Lipinski definition) is 2. The molecule has 4 rings (SSSR count). The van der Waals surface area contributed by atoms with Crippen LogP contribution < -0.4 is 15.4 Å². The van der Waals surface area contributed by atoms with Gasteiger partial charge >= 0.3 is 6.36 Å². The van der Waals surface area contributed by atoms with Crippen LogP contribution in [-0.4, -0.2) is 25.5 Å². The van der Waals surface area contributed by atoms with E-state index in [2.05, 4.69) is 27.5 Å². The molecular formula is C26H23ClF3N3O. The number of piperidine rings is 1. The van der Waals surface area contributed by atoms with E-state index in [0.29, 0.717) is 27.3 Å². The van der Waals surface area contributed by atoms with Crippen LogP contribution in [0, 0.1) is 11.3 Å². The summed E-state index contributed by atoms with van der Waals surface area (Å²) in [5.41, 5.74) is 3.23. The average Bonchev–Trinajstić information content (AvgIpc) is 2.83. The van der Waals surface area contributed by atoms with Crippen LogP contribution in [0.1, 0.15) is 29.0 Å². The van der Waals surface area contributed by atoms with Crippen molar-refractivity contribution in [2.24, 2.45) is 0 Å². The van der Waals surface area contributed by atoms with Gasteiger partial charge in [0.2, 0.25) is 0 Å². The molecule has 4 nitrogen and oxygen atoms in total. The molecule has 0 saturated carbocycles. The second-order valence-electron chi connectivity index (χ2n) is 8.17. The van der Waals surface area contributed by atoms with Gasteiger partial charge in [-0.25, -0.2) is 0 Å². The van der Waals surface area contributed by atoms with Crippen molar-refractivity contribution in [1.82, 2.24) is 10.6 Å². The normalized spacial score (nSPS) is 18.3. The summed E-state index contributed by atoms with van der Waals surface area (Å²) in [5.74, 6) is -0.0585. The van der Waals surface area contributed by atoms with Crippen LogP contribution in [0.2, 0.25) is 5.02 Å². The van der Waals surface area contributed by atoms with Gasteiger partial charge in [-0.1, -0.05) is 54.1 Å². The maximum absolute atomic E-state index is 13.1. The van der Waals surface area contributed by atoms with Crippen molar-refractivity contribution in [2.75, 3.05) is 13.1 Å². The van der Waals surface area contributed by atoms with Gasteiger partial charge in [0.1, 0.15) is 5.75 Å². The maximum Gasteiger partial charge on any atom is 0.573 e. The van der Waals surface area contributed by atoms with Gasteiger partial charge in [0.15, 0.2) is 0 Å². The highest BCUT2D eigenvalue weighted by atomic mass is 35.5. The number of hydrogen-bond acceptors (Lipinski definition) is 4. The quantitative estimate of drug-likeness (QED) is 0.449. The minimum absolute atomic E-state index is 0.0875. The number of benzene rings is 3. The Bertz CT molecular complexity index is 1180. The second kappa shape index (κ2) is 10.5. The lowest BCUT2D eigenvalue weighted by atomic mass is 9.86. The summed E-state index contributed by atoms with van der Waals surface area (Å²) in [5, 5.41) is 16.3. The SMILES string of the molecule is N#Cc1ccc(-c2ccc(OC(F)(F)F)c(CN[C@H]3CCNC[C@H]3c3ccccc3)c2)c(Cl)c1. The predicted octanol–water partition coefficient (Wildman–Crippen LogP) is 6.01. The van der Waals surface area contributed by atoms with Gasteiger partial charge < -0.3 is 15.4 Å². The van der Waals surface area contributed by atoms with Crippen LogP contribution in [0.4, 0.5) is 13.2 Å². The Labute approximate surface area is 201 Å². The van der Waals surface area contributed by atoms with E-state index in [4.69, 9.17) is 16.9 Å². The molecule has 0 spiro atoms. The average molecular weight is 486 g/mol. The van der Waals surface area contributed by atoms with Crippen molar-refractivity contribution in [3.63, 3.8) is 0 Å². The molecule has 0 unspecified atom stereocenters. The van der Waals surface area contributed by atoms with E-state index in [9.17, 15) is 13.2 Å². The number of rotatable bonds is 6. The first-order valence-corrected chi connectivity index (χ1v) is 11.3. The van der Waals surface area contributed by atoms with Crippen molar-refractivity contribution >= 4 is 11.6 Å². The fraction of sp³-hybridized carbons (Fsp3) is 0.269. The van der Waals surface area contributed by atoms with Crippen molar-refractivity contribution in [3.05, 3.63) is 88.4 Å². The third-order valence-electron chi connectivity index (χ3n) is 5.96. The zero-order valence-corrected chi connectivity index (χ0v) is 19.0. The van der Waals surface area contributed by atoms with Gasteiger partial charge in [-0.2, -0.15) is 5.26 Å². The first-order valence-electron chi connectivity index (χ1n) is 10.9. The zero-order chi connectivity index (χ0) is 24.1. The van der Waals surface area contributed by atoms with Crippen LogP contribution in [-0.2, 0) is 6.54 Å². The summed E-state index contributed by atoms with van der Waals surface area (Å²) in [6.07, 6.45) is -3.96. The minimum Gasteiger partial charge on any atom is -0.405 e. The zero-order valence-electron chi connectivity index (χ0n) is 18.2. The van der Waals surface area contributed by atoms with E-state index >= 15 is 0 Å². The van der Waals surface area contributed by atoms with E-state index in [0.717, 1.165) is 19.5 Å². The van der Waals surface area contributed by atoms with E-state index in [1.807, 2.05) is 24.3 Å². The van der Waals surface area contributed by atoms with Gasteiger partial charge in [0.25, 0.3) is 0 Å². The first-order chi connectivity index (χ1) is 16.3. The molecule has 3 aromatic carbocycles. The van der Waals surface area contributed by atoms with E-state index in [1.165, 1.54) is 23.8 Å². The smallest absolute Gasteiger partial charge is 0.405 e. The van der Waals surface area contributed by atoms with Crippen molar-refractivity contribution in [2.45, 2.75) is 31.3 Å². The molecule has 34 heavy (non-hydrogen) atoms. The molecule has 1 aliphatic heterocycles. The van der Waals surface area contributed by atoms with E-state index < -0.39 is 6.36 Å². The van der Waals surface area contributed by atoms with E-state index in [-0.39, 0.29) is 24.3 Å². The van der Waals surface area contributed by atoms with Crippen LogP contribution in [0.25, 0.3) is 11.1 Å². The molecule has 0 aromatic heterocycles.